The first-order chi connectivity index (χ1) is 9.47. The van der Waals surface area contributed by atoms with Crippen molar-refractivity contribution in [3.05, 3.63) is 6.20 Å². The quantitative estimate of drug-likeness (QED) is 0.519. The molecule has 6 heteroatoms. The summed E-state index contributed by atoms with van der Waals surface area (Å²) in [5, 5.41) is 9.68. The summed E-state index contributed by atoms with van der Waals surface area (Å²) in [7, 11) is 0. The van der Waals surface area contributed by atoms with Crippen LogP contribution in [0.4, 0.5) is 5.82 Å². The van der Waals surface area contributed by atoms with Gasteiger partial charge >= 0.3 is 0 Å². The zero-order chi connectivity index (χ0) is 14.8. The highest BCUT2D eigenvalue weighted by atomic mass is 32.2. The summed E-state index contributed by atoms with van der Waals surface area (Å²) in [6.45, 7) is 9.50. The highest BCUT2D eigenvalue weighted by Crippen LogP contribution is 2.27. The minimum atomic E-state index is -0.0908. The first kappa shape index (κ1) is 15.1. The van der Waals surface area contributed by atoms with Crippen LogP contribution in [0.25, 0.3) is 11.0 Å². The number of nitrogens with one attached hydrogen (secondary N) is 1. The van der Waals surface area contributed by atoms with Crippen molar-refractivity contribution in [2.24, 2.45) is 0 Å². The summed E-state index contributed by atoms with van der Waals surface area (Å²) in [5.74, 6) is 0.892. The molecule has 2 heterocycles. The highest BCUT2D eigenvalue weighted by Gasteiger charge is 2.20. The van der Waals surface area contributed by atoms with Crippen molar-refractivity contribution in [3.63, 3.8) is 0 Å². The fourth-order valence-corrected chi connectivity index (χ4v) is 2.35. The van der Waals surface area contributed by atoms with Gasteiger partial charge in [-0.05, 0) is 33.4 Å². The molecular weight excluding hydrogens is 270 g/mol. The van der Waals surface area contributed by atoms with Crippen LogP contribution in [-0.4, -0.2) is 32.5 Å². The average Bonchev–Trinajstić information content (AvgIpc) is 2.82. The van der Waals surface area contributed by atoms with Crippen LogP contribution in [0.15, 0.2) is 11.4 Å². The zero-order valence-electron chi connectivity index (χ0n) is 12.9. The second kappa shape index (κ2) is 5.99. The van der Waals surface area contributed by atoms with Crippen LogP contribution in [0.3, 0.4) is 0 Å². The van der Waals surface area contributed by atoms with Gasteiger partial charge in [-0.25, -0.2) is 14.6 Å². The molecule has 2 aromatic heterocycles. The van der Waals surface area contributed by atoms with Crippen LogP contribution in [-0.2, 0) is 5.54 Å². The maximum Gasteiger partial charge on any atom is 0.191 e. The first-order valence-electron chi connectivity index (χ1n) is 7.01. The van der Waals surface area contributed by atoms with E-state index in [1.807, 2.05) is 17.1 Å². The molecule has 0 aliphatic carbocycles. The van der Waals surface area contributed by atoms with E-state index in [2.05, 4.69) is 48.1 Å². The number of fused-ring (bicyclic) bond motifs is 1. The lowest BCUT2D eigenvalue weighted by Crippen LogP contribution is -2.23. The lowest BCUT2D eigenvalue weighted by molar-refractivity contribution is 0.365. The minimum Gasteiger partial charge on any atom is -0.369 e. The van der Waals surface area contributed by atoms with Gasteiger partial charge in [0, 0.05) is 6.54 Å². The largest absolute Gasteiger partial charge is 0.369 e. The smallest absolute Gasteiger partial charge is 0.191 e. The Balaban J connectivity index is 2.49. The van der Waals surface area contributed by atoms with Crippen LogP contribution in [0, 0.1) is 0 Å². The maximum absolute atomic E-state index is 4.62. The van der Waals surface area contributed by atoms with E-state index in [-0.39, 0.29) is 5.54 Å². The molecule has 0 atom stereocenters. The van der Waals surface area contributed by atoms with Crippen molar-refractivity contribution in [1.82, 2.24) is 19.7 Å². The van der Waals surface area contributed by atoms with Gasteiger partial charge in [0.1, 0.15) is 5.82 Å². The number of nitrogens with zero attached hydrogens (tertiary/aromatic N) is 4. The summed E-state index contributed by atoms with van der Waals surface area (Å²) < 4.78 is 1.97. The van der Waals surface area contributed by atoms with Gasteiger partial charge in [0.25, 0.3) is 0 Å². The Hall–Kier alpha value is -1.30. The summed E-state index contributed by atoms with van der Waals surface area (Å²) >= 11 is 1.56. The number of rotatable bonds is 5. The molecule has 1 N–H and O–H groups in total. The molecule has 0 spiro atoms. The van der Waals surface area contributed by atoms with Gasteiger partial charge in [-0.2, -0.15) is 5.10 Å². The Morgan fingerprint density at radius 2 is 2.05 bits per heavy atom. The van der Waals surface area contributed by atoms with Crippen molar-refractivity contribution in [2.45, 2.75) is 51.2 Å². The molecule has 2 rings (SSSR count). The van der Waals surface area contributed by atoms with Crippen molar-refractivity contribution in [1.29, 1.82) is 0 Å². The Kier molecular flexibility index (Phi) is 4.52. The molecule has 0 aromatic carbocycles. The first-order valence-corrected chi connectivity index (χ1v) is 8.24. The number of hydrogen-bond acceptors (Lipinski definition) is 5. The molecule has 20 heavy (non-hydrogen) atoms. The van der Waals surface area contributed by atoms with Crippen molar-refractivity contribution >= 4 is 28.6 Å². The monoisotopic (exact) mass is 293 g/mol. The SMILES string of the molecule is CCCCNc1nc(SC)nc2c1cnn2C(C)(C)C. The summed E-state index contributed by atoms with van der Waals surface area (Å²) in [5.41, 5.74) is 0.808. The molecule has 0 bridgehead atoms. The van der Waals surface area contributed by atoms with Crippen LogP contribution < -0.4 is 5.32 Å². The molecule has 0 unspecified atom stereocenters. The molecule has 0 aliphatic heterocycles. The number of aromatic nitrogens is 4. The van der Waals surface area contributed by atoms with E-state index in [1.165, 1.54) is 0 Å². The Morgan fingerprint density at radius 1 is 1.30 bits per heavy atom. The molecule has 2 aromatic rings. The molecule has 0 amide bonds. The summed E-state index contributed by atoms with van der Waals surface area (Å²) in [6, 6.07) is 0. The highest BCUT2D eigenvalue weighted by molar-refractivity contribution is 7.98. The van der Waals surface area contributed by atoms with Crippen LogP contribution >= 0.6 is 11.8 Å². The molecule has 0 saturated carbocycles. The zero-order valence-corrected chi connectivity index (χ0v) is 13.7. The third kappa shape index (κ3) is 3.06. The van der Waals surface area contributed by atoms with E-state index < -0.39 is 0 Å². The van der Waals surface area contributed by atoms with E-state index in [9.17, 15) is 0 Å². The fraction of sp³-hybridized carbons (Fsp3) is 0.643. The van der Waals surface area contributed by atoms with E-state index >= 15 is 0 Å². The summed E-state index contributed by atoms with van der Waals surface area (Å²) in [6.07, 6.45) is 6.15. The minimum absolute atomic E-state index is 0.0908. The molecular formula is C14H23N5S. The predicted molar refractivity (Wildman–Crippen MR) is 85.5 cm³/mol. The van der Waals surface area contributed by atoms with E-state index in [0.29, 0.717) is 0 Å². The van der Waals surface area contributed by atoms with Crippen LogP contribution in [0.1, 0.15) is 40.5 Å². The number of thioether (sulfide) groups is 1. The van der Waals surface area contributed by atoms with E-state index in [4.69, 9.17) is 0 Å². The van der Waals surface area contributed by atoms with Gasteiger partial charge in [0.2, 0.25) is 0 Å². The Bertz CT molecular complexity index is 585. The predicted octanol–water partition coefficient (Wildman–Crippen LogP) is 3.52. The van der Waals surface area contributed by atoms with Crippen LogP contribution in [0.2, 0.25) is 0 Å². The van der Waals surface area contributed by atoms with Gasteiger partial charge < -0.3 is 5.32 Å². The molecule has 110 valence electrons. The van der Waals surface area contributed by atoms with Crippen molar-refractivity contribution in [2.75, 3.05) is 18.1 Å². The molecule has 0 aliphatic rings. The van der Waals surface area contributed by atoms with E-state index in [0.717, 1.165) is 41.4 Å². The fourth-order valence-electron chi connectivity index (χ4n) is 1.99. The third-order valence-corrected chi connectivity index (χ3v) is 3.60. The third-order valence-electron chi connectivity index (χ3n) is 3.05. The number of hydrogen-bond donors (Lipinski definition) is 1. The average molecular weight is 293 g/mol. The van der Waals surface area contributed by atoms with Crippen molar-refractivity contribution < 1.29 is 0 Å². The molecule has 0 fully saturated rings. The van der Waals surface area contributed by atoms with Gasteiger partial charge in [0.05, 0.1) is 17.1 Å². The lowest BCUT2D eigenvalue weighted by Gasteiger charge is -2.20. The van der Waals surface area contributed by atoms with E-state index in [1.54, 1.807) is 11.8 Å². The second-order valence-electron chi connectivity index (χ2n) is 5.80. The van der Waals surface area contributed by atoms with Gasteiger partial charge in [-0.15, -0.1) is 0 Å². The Labute approximate surface area is 124 Å². The van der Waals surface area contributed by atoms with Crippen molar-refractivity contribution in [3.8, 4) is 0 Å². The molecule has 0 saturated heterocycles. The Morgan fingerprint density at radius 3 is 2.65 bits per heavy atom. The second-order valence-corrected chi connectivity index (χ2v) is 6.58. The van der Waals surface area contributed by atoms with Gasteiger partial charge in [0.15, 0.2) is 10.8 Å². The standard InChI is InChI=1S/C14H23N5S/c1-6-7-8-15-11-10-9-16-19(14(2,3)4)12(10)18-13(17-11)20-5/h9H,6-8H2,1-5H3,(H,15,17,18). The maximum atomic E-state index is 4.62. The molecule has 0 radical (unpaired) electrons. The normalized spacial score (nSPS) is 12.1. The van der Waals surface area contributed by atoms with Gasteiger partial charge in [-0.1, -0.05) is 25.1 Å². The summed E-state index contributed by atoms with van der Waals surface area (Å²) in [4.78, 5) is 9.20. The number of anilines is 1. The molecule has 5 nitrogen and oxygen atoms in total. The van der Waals surface area contributed by atoms with Crippen LogP contribution in [0.5, 0.6) is 0 Å². The number of unbranched alkanes of at least 4 members (excludes halogenated alkanes) is 1. The topological polar surface area (TPSA) is 55.6 Å². The lowest BCUT2D eigenvalue weighted by atomic mass is 10.1. The van der Waals surface area contributed by atoms with Gasteiger partial charge in [-0.3, -0.25) is 0 Å².